The van der Waals surface area contributed by atoms with Gasteiger partial charge in [-0.3, -0.25) is 9.59 Å². The molecule has 4 nitrogen and oxygen atoms in total. The molecular formula is C19H16N2O2. The van der Waals surface area contributed by atoms with Crippen LogP contribution in [-0.2, 0) is 0 Å². The van der Waals surface area contributed by atoms with E-state index in [0.717, 1.165) is 6.42 Å². The number of hydrazine groups is 1. The van der Waals surface area contributed by atoms with Crippen LogP contribution >= 0.6 is 0 Å². The van der Waals surface area contributed by atoms with Crippen molar-refractivity contribution in [2.75, 3.05) is 0 Å². The van der Waals surface area contributed by atoms with Crippen LogP contribution in [0.25, 0.3) is 0 Å². The second kappa shape index (κ2) is 5.39. The average molecular weight is 304 g/mol. The summed E-state index contributed by atoms with van der Waals surface area (Å²) in [6.07, 6.45) is 4.80. The molecule has 1 heterocycles. The molecule has 0 radical (unpaired) electrons. The van der Waals surface area contributed by atoms with Gasteiger partial charge in [-0.2, -0.15) is 0 Å². The maximum absolute atomic E-state index is 12.9. The summed E-state index contributed by atoms with van der Waals surface area (Å²) in [7, 11) is 0. The minimum absolute atomic E-state index is 0.0413. The first-order valence-corrected chi connectivity index (χ1v) is 7.71. The summed E-state index contributed by atoms with van der Waals surface area (Å²) in [4.78, 5) is 25.8. The molecule has 2 aliphatic rings. The Kier molecular flexibility index (Phi) is 3.23. The first-order chi connectivity index (χ1) is 11.3. The second-order valence-electron chi connectivity index (χ2n) is 5.79. The molecule has 4 rings (SSSR count). The van der Waals surface area contributed by atoms with Crippen molar-refractivity contribution < 1.29 is 9.59 Å². The van der Waals surface area contributed by atoms with E-state index in [0.29, 0.717) is 11.1 Å². The van der Waals surface area contributed by atoms with Gasteiger partial charge < -0.3 is 0 Å². The molecule has 114 valence electrons. The molecule has 23 heavy (non-hydrogen) atoms. The molecule has 0 spiro atoms. The van der Waals surface area contributed by atoms with Gasteiger partial charge in [0.15, 0.2) is 0 Å². The zero-order chi connectivity index (χ0) is 15.8. The Balaban J connectivity index is 1.69. The number of carbonyl (C=O) groups excluding carboxylic acids is 2. The lowest BCUT2D eigenvalue weighted by atomic mass is 10.2. The van der Waals surface area contributed by atoms with E-state index in [-0.39, 0.29) is 23.9 Å². The number of carbonyl (C=O) groups is 2. The molecule has 4 heteroatoms. The Morgan fingerprint density at radius 2 is 1.09 bits per heavy atom. The lowest BCUT2D eigenvalue weighted by Gasteiger charge is -2.35. The standard InChI is InChI=1S/C19H16N2O2/c22-18(14-7-3-1-4-8-14)20-16-11-12-17(13-16)21(20)19(23)15-9-5-2-6-10-15/h1-12,16-17H,13H2. The predicted octanol–water partition coefficient (Wildman–Crippen LogP) is 2.90. The Morgan fingerprint density at radius 3 is 1.48 bits per heavy atom. The Labute approximate surface area is 134 Å². The van der Waals surface area contributed by atoms with Gasteiger partial charge in [0.1, 0.15) is 0 Å². The molecule has 2 bridgehead atoms. The molecule has 2 unspecified atom stereocenters. The number of fused-ring (bicyclic) bond motifs is 2. The van der Waals surface area contributed by atoms with E-state index >= 15 is 0 Å². The maximum Gasteiger partial charge on any atom is 0.273 e. The van der Waals surface area contributed by atoms with E-state index in [1.807, 2.05) is 48.6 Å². The minimum atomic E-state index is -0.133. The smallest absolute Gasteiger partial charge is 0.267 e. The summed E-state index contributed by atoms with van der Waals surface area (Å²) in [5.74, 6) is -0.265. The average Bonchev–Trinajstić information content (AvgIpc) is 3.23. The molecule has 1 fully saturated rings. The van der Waals surface area contributed by atoms with Crippen LogP contribution in [0.3, 0.4) is 0 Å². The zero-order valence-electron chi connectivity index (χ0n) is 12.5. The van der Waals surface area contributed by atoms with Gasteiger partial charge in [0, 0.05) is 11.1 Å². The van der Waals surface area contributed by atoms with Gasteiger partial charge in [0.05, 0.1) is 12.1 Å². The highest BCUT2D eigenvalue weighted by molar-refractivity contribution is 6.00. The molecule has 0 aromatic heterocycles. The van der Waals surface area contributed by atoms with Crippen LogP contribution in [0.1, 0.15) is 27.1 Å². The van der Waals surface area contributed by atoms with Crippen molar-refractivity contribution in [1.29, 1.82) is 0 Å². The van der Waals surface area contributed by atoms with Gasteiger partial charge in [0.25, 0.3) is 11.8 Å². The SMILES string of the molecule is O=C(c1ccccc1)N1C2C=CC(C2)N1C(=O)c1ccccc1. The van der Waals surface area contributed by atoms with Crippen LogP contribution < -0.4 is 0 Å². The molecule has 2 amide bonds. The number of nitrogens with zero attached hydrogens (tertiary/aromatic N) is 2. The van der Waals surface area contributed by atoms with Gasteiger partial charge in [-0.1, -0.05) is 48.6 Å². The quantitative estimate of drug-likeness (QED) is 0.800. The first-order valence-electron chi connectivity index (χ1n) is 7.71. The first kappa shape index (κ1) is 13.8. The third kappa shape index (κ3) is 2.23. The molecular weight excluding hydrogens is 288 g/mol. The third-order valence-electron chi connectivity index (χ3n) is 4.36. The molecule has 2 atom stereocenters. The highest BCUT2D eigenvalue weighted by atomic mass is 16.2. The van der Waals surface area contributed by atoms with Crippen molar-refractivity contribution in [2.45, 2.75) is 18.5 Å². The highest BCUT2D eigenvalue weighted by Crippen LogP contribution is 2.34. The van der Waals surface area contributed by atoms with Crippen molar-refractivity contribution in [2.24, 2.45) is 0 Å². The fraction of sp³-hybridized carbons (Fsp3) is 0.158. The number of rotatable bonds is 2. The Bertz CT molecular complexity index is 705. The van der Waals surface area contributed by atoms with Crippen molar-refractivity contribution >= 4 is 11.8 Å². The van der Waals surface area contributed by atoms with E-state index in [4.69, 9.17) is 0 Å². The largest absolute Gasteiger partial charge is 0.273 e. The lowest BCUT2D eigenvalue weighted by Crippen LogP contribution is -2.51. The lowest BCUT2D eigenvalue weighted by molar-refractivity contribution is 0.00203. The van der Waals surface area contributed by atoms with Crippen molar-refractivity contribution in [1.82, 2.24) is 10.0 Å². The number of hydrogen-bond donors (Lipinski definition) is 0. The maximum atomic E-state index is 12.9. The van der Waals surface area contributed by atoms with E-state index in [2.05, 4.69) is 0 Å². The van der Waals surface area contributed by atoms with Crippen LogP contribution in [0.15, 0.2) is 72.8 Å². The molecule has 1 saturated heterocycles. The summed E-state index contributed by atoms with van der Waals surface area (Å²) in [5, 5.41) is 3.21. The second-order valence-corrected chi connectivity index (χ2v) is 5.79. The van der Waals surface area contributed by atoms with Gasteiger partial charge in [0.2, 0.25) is 0 Å². The number of hydrogen-bond acceptors (Lipinski definition) is 2. The molecule has 1 aliphatic carbocycles. The van der Waals surface area contributed by atoms with Crippen LogP contribution in [-0.4, -0.2) is 33.9 Å². The molecule has 0 saturated carbocycles. The summed E-state index contributed by atoms with van der Waals surface area (Å²) >= 11 is 0. The Morgan fingerprint density at radius 1 is 0.696 bits per heavy atom. The fourth-order valence-corrected chi connectivity index (χ4v) is 3.27. The van der Waals surface area contributed by atoms with Crippen LogP contribution in [0, 0.1) is 0 Å². The van der Waals surface area contributed by atoms with E-state index < -0.39 is 0 Å². The fourth-order valence-electron chi connectivity index (χ4n) is 3.27. The van der Waals surface area contributed by atoms with Crippen LogP contribution in [0.4, 0.5) is 0 Å². The number of benzene rings is 2. The van der Waals surface area contributed by atoms with Crippen molar-refractivity contribution in [3.63, 3.8) is 0 Å². The van der Waals surface area contributed by atoms with E-state index in [1.165, 1.54) is 0 Å². The topological polar surface area (TPSA) is 40.6 Å². The van der Waals surface area contributed by atoms with Crippen molar-refractivity contribution in [3.8, 4) is 0 Å². The summed E-state index contributed by atoms with van der Waals surface area (Å²) < 4.78 is 0. The van der Waals surface area contributed by atoms with Gasteiger partial charge in [-0.25, -0.2) is 10.0 Å². The van der Waals surface area contributed by atoms with Gasteiger partial charge >= 0.3 is 0 Å². The summed E-state index contributed by atoms with van der Waals surface area (Å²) in [5.41, 5.74) is 1.19. The summed E-state index contributed by atoms with van der Waals surface area (Å²) in [6, 6.07) is 18.1. The van der Waals surface area contributed by atoms with E-state index in [1.54, 1.807) is 34.3 Å². The number of amides is 2. The summed E-state index contributed by atoms with van der Waals surface area (Å²) in [6.45, 7) is 0. The normalized spacial score (nSPS) is 21.7. The van der Waals surface area contributed by atoms with E-state index in [9.17, 15) is 9.59 Å². The molecule has 2 aromatic rings. The molecule has 0 N–H and O–H groups in total. The van der Waals surface area contributed by atoms with Crippen molar-refractivity contribution in [3.05, 3.63) is 83.9 Å². The van der Waals surface area contributed by atoms with Gasteiger partial charge in [-0.05, 0) is 30.7 Å². The minimum Gasteiger partial charge on any atom is -0.267 e. The van der Waals surface area contributed by atoms with Gasteiger partial charge in [-0.15, -0.1) is 0 Å². The zero-order valence-corrected chi connectivity index (χ0v) is 12.5. The highest BCUT2D eigenvalue weighted by Gasteiger charge is 2.46. The van der Waals surface area contributed by atoms with Crippen LogP contribution in [0.5, 0.6) is 0 Å². The van der Waals surface area contributed by atoms with Crippen LogP contribution in [0.2, 0.25) is 0 Å². The third-order valence-corrected chi connectivity index (χ3v) is 4.36. The molecule has 1 aliphatic heterocycles. The predicted molar refractivity (Wildman–Crippen MR) is 86.6 cm³/mol. The molecule has 2 aromatic carbocycles. The monoisotopic (exact) mass is 304 g/mol. The Hall–Kier alpha value is -2.88.